The van der Waals surface area contributed by atoms with Crippen molar-refractivity contribution in [2.24, 2.45) is 0 Å². The van der Waals surface area contributed by atoms with E-state index < -0.39 is 0 Å². The summed E-state index contributed by atoms with van der Waals surface area (Å²) in [5.41, 5.74) is 7.53. The summed E-state index contributed by atoms with van der Waals surface area (Å²) >= 11 is 1.86. The summed E-state index contributed by atoms with van der Waals surface area (Å²) in [4.78, 5) is 15.8. The van der Waals surface area contributed by atoms with E-state index in [9.17, 15) is 0 Å². The number of fused-ring (bicyclic) bond motifs is 9. The fraction of sp³-hybridized carbons (Fsp3) is 0. The van der Waals surface area contributed by atoms with Gasteiger partial charge in [0, 0.05) is 42.2 Å². The lowest BCUT2D eigenvalue weighted by molar-refractivity contribution is 1.08. The van der Waals surface area contributed by atoms with Crippen molar-refractivity contribution in [1.82, 2.24) is 15.0 Å². The van der Waals surface area contributed by atoms with Crippen LogP contribution < -0.4 is 0 Å². The number of thiophene rings is 1. The molecule has 0 radical (unpaired) electrons. The molecule has 0 bridgehead atoms. The van der Waals surface area contributed by atoms with Crippen molar-refractivity contribution in [2.45, 2.75) is 0 Å². The number of aromatic nitrogens is 3. The molecule has 11 rings (SSSR count). The highest BCUT2D eigenvalue weighted by molar-refractivity contribution is 7.27. The molecule has 0 spiro atoms. The molecule has 3 nitrogen and oxygen atoms in total. The van der Waals surface area contributed by atoms with E-state index >= 15 is 0 Å². The third-order valence-electron chi connectivity index (χ3n) is 10.7. The summed E-state index contributed by atoms with van der Waals surface area (Å²) < 4.78 is 2.50. The molecule has 0 aliphatic heterocycles. The van der Waals surface area contributed by atoms with E-state index in [0.717, 1.165) is 27.8 Å². The first kappa shape index (κ1) is 31.5. The highest BCUT2D eigenvalue weighted by atomic mass is 32.1. The first-order chi connectivity index (χ1) is 27.2. The first-order valence-electron chi connectivity index (χ1n) is 18.5. The highest BCUT2D eigenvalue weighted by Crippen LogP contribution is 2.48. The van der Waals surface area contributed by atoms with E-state index in [2.05, 4.69) is 176 Å². The van der Waals surface area contributed by atoms with Crippen LogP contribution in [0.5, 0.6) is 0 Å². The van der Waals surface area contributed by atoms with E-state index in [1.54, 1.807) is 0 Å². The Morgan fingerprint density at radius 2 is 0.745 bits per heavy atom. The molecule has 0 unspecified atom stereocenters. The maximum absolute atomic E-state index is 5.34. The van der Waals surface area contributed by atoms with Gasteiger partial charge in [-0.05, 0) is 61.3 Å². The van der Waals surface area contributed by atoms with Gasteiger partial charge in [-0.15, -0.1) is 11.3 Å². The molecule has 0 aliphatic carbocycles. The molecule has 0 saturated carbocycles. The Labute approximate surface area is 321 Å². The zero-order valence-electron chi connectivity index (χ0n) is 29.6. The molecule has 11 aromatic rings. The Hall–Kier alpha value is -7.01. The van der Waals surface area contributed by atoms with Gasteiger partial charge in [-0.1, -0.05) is 176 Å². The Morgan fingerprint density at radius 1 is 0.309 bits per heavy atom. The molecule has 0 atom stereocenters. The first-order valence-corrected chi connectivity index (χ1v) is 19.3. The van der Waals surface area contributed by atoms with Gasteiger partial charge in [0.2, 0.25) is 0 Å². The highest BCUT2D eigenvalue weighted by Gasteiger charge is 2.21. The molecule has 0 saturated heterocycles. The Morgan fingerprint density at radius 3 is 1.33 bits per heavy atom. The van der Waals surface area contributed by atoms with Crippen LogP contribution in [-0.2, 0) is 0 Å². The topological polar surface area (TPSA) is 38.7 Å². The van der Waals surface area contributed by atoms with E-state index in [4.69, 9.17) is 15.0 Å². The van der Waals surface area contributed by atoms with Gasteiger partial charge in [-0.2, -0.15) is 0 Å². The minimum absolute atomic E-state index is 0.642. The Bertz CT molecular complexity index is 3120. The maximum Gasteiger partial charge on any atom is 0.164 e. The van der Waals surface area contributed by atoms with Crippen molar-refractivity contribution in [3.05, 3.63) is 188 Å². The molecule has 4 heteroatoms. The number of rotatable bonds is 5. The summed E-state index contributed by atoms with van der Waals surface area (Å²) in [6.45, 7) is 0. The Balaban J connectivity index is 1.19. The average Bonchev–Trinajstić information content (AvgIpc) is 3.67. The molecule has 9 aromatic carbocycles. The van der Waals surface area contributed by atoms with Crippen molar-refractivity contribution in [3.63, 3.8) is 0 Å². The normalized spacial score (nSPS) is 11.6. The van der Waals surface area contributed by atoms with Crippen molar-refractivity contribution < 1.29 is 0 Å². The van der Waals surface area contributed by atoms with Gasteiger partial charge in [0.1, 0.15) is 0 Å². The van der Waals surface area contributed by atoms with E-state index in [1.807, 2.05) is 23.5 Å². The maximum atomic E-state index is 5.34. The number of benzene rings is 9. The molecule has 0 fully saturated rings. The van der Waals surface area contributed by atoms with Gasteiger partial charge in [0.15, 0.2) is 17.5 Å². The molecule has 55 heavy (non-hydrogen) atoms. The van der Waals surface area contributed by atoms with Crippen molar-refractivity contribution in [3.8, 4) is 56.4 Å². The Kier molecular flexibility index (Phi) is 7.35. The van der Waals surface area contributed by atoms with Gasteiger partial charge in [0.25, 0.3) is 0 Å². The molecular formula is C51H31N3S. The quantitative estimate of drug-likeness (QED) is 0.166. The fourth-order valence-electron chi connectivity index (χ4n) is 8.01. The second kappa shape index (κ2) is 12.8. The summed E-state index contributed by atoms with van der Waals surface area (Å²) in [6.07, 6.45) is 0. The summed E-state index contributed by atoms with van der Waals surface area (Å²) in [5, 5.41) is 9.79. The van der Waals surface area contributed by atoms with E-state index in [0.29, 0.717) is 17.5 Å². The summed E-state index contributed by atoms with van der Waals surface area (Å²) in [5.74, 6) is 1.94. The third kappa shape index (κ3) is 5.38. The molecule has 2 heterocycles. The summed E-state index contributed by atoms with van der Waals surface area (Å²) in [6, 6.07) is 66.7. The van der Waals surface area contributed by atoms with Crippen LogP contribution in [0.1, 0.15) is 0 Å². The molecule has 256 valence electrons. The largest absolute Gasteiger partial charge is 0.208 e. The minimum atomic E-state index is 0.642. The molecule has 0 aliphatic rings. The van der Waals surface area contributed by atoms with Crippen LogP contribution in [0.15, 0.2) is 188 Å². The standard InChI is InChI=1S/C51H31N3S/c1-3-11-32(12-4-1)34-19-24-38(25-20-34)49-52-50(39-26-21-35(22-27-39)33-13-5-2-6-14-33)54-51(53-49)43-31-40-28-23-36-15-7-9-17-41(36)45(40)48-47(43)46-42-18-10-8-16-37(42)29-30-44(46)55-48/h1-31H. The zero-order valence-corrected chi connectivity index (χ0v) is 30.5. The number of nitrogens with zero attached hydrogens (tertiary/aromatic N) is 3. The smallest absolute Gasteiger partial charge is 0.164 e. The lowest BCUT2D eigenvalue weighted by Gasteiger charge is -2.13. The average molecular weight is 718 g/mol. The van der Waals surface area contributed by atoms with E-state index in [-0.39, 0.29) is 0 Å². The van der Waals surface area contributed by atoms with Crippen LogP contribution in [0, 0.1) is 0 Å². The number of hydrogen-bond donors (Lipinski definition) is 0. The predicted octanol–water partition coefficient (Wildman–Crippen LogP) is 14.0. The van der Waals surface area contributed by atoms with Gasteiger partial charge >= 0.3 is 0 Å². The number of hydrogen-bond acceptors (Lipinski definition) is 4. The SMILES string of the molecule is c1ccc(-c2ccc(-c3nc(-c4ccc(-c5ccccc5)cc4)nc(-c4cc5ccc6ccccc6c5c5sc6ccc7ccccc7c6c45)n3)cc2)cc1. The van der Waals surface area contributed by atoms with Gasteiger partial charge < -0.3 is 0 Å². The molecule has 0 amide bonds. The van der Waals surface area contributed by atoms with Crippen molar-refractivity contribution in [2.75, 3.05) is 0 Å². The lowest BCUT2D eigenvalue weighted by Crippen LogP contribution is -2.01. The predicted molar refractivity (Wildman–Crippen MR) is 232 cm³/mol. The zero-order chi connectivity index (χ0) is 36.3. The minimum Gasteiger partial charge on any atom is -0.208 e. The molecular weight excluding hydrogens is 687 g/mol. The van der Waals surface area contributed by atoms with Crippen molar-refractivity contribution >= 4 is 63.8 Å². The second-order valence-electron chi connectivity index (χ2n) is 14.0. The second-order valence-corrected chi connectivity index (χ2v) is 15.0. The summed E-state index contributed by atoms with van der Waals surface area (Å²) in [7, 11) is 0. The van der Waals surface area contributed by atoms with E-state index in [1.165, 1.54) is 63.6 Å². The van der Waals surface area contributed by atoms with Gasteiger partial charge in [-0.3, -0.25) is 0 Å². The van der Waals surface area contributed by atoms with Crippen LogP contribution in [-0.4, -0.2) is 15.0 Å². The molecule has 2 aromatic heterocycles. The lowest BCUT2D eigenvalue weighted by atomic mass is 9.94. The van der Waals surface area contributed by atoms with Crippen LogP contribution in [0.4, 0.5) is 0 Å². The van der Waals surface area contributed by atoms with Crippen LogP contribution >= 0.6 is 11.3 Å². The van der Waals surface area contributed by atoms with Gasteiger partial charge in [0.05, 0.1) is 0 Å². The monoisotopic (exact) mass is 717 g/mol. The van der Waals surface area contributed by atoms with Crippen LogP contribution in [0.3, 0.4) is 0 Å². The van der Waals surface area contributed by atoms with Crippen molar-refractivity contribution in [1.29, 1.82) is 0 Å². The third-order valence-corrected chi connectivity index (χ3v) is 11.9. The fourth-order valence-corrected chi connectivity index (χ4v) is 9.32. The van der Waals surface area contributed by atoms with Crippen LogP contribution in [0.25, 0.3) is 109 Å². The van der Waals surface area contributed by atoms with Crippen LogP contribution in [0.2, 0.25) is 0 Å². The molecule has 0 N–H and O–H groups in total. The van der Waals surface area contributed by atoms with Gasteiger partial charge in [-0.25, -0.2) is 15.0 Å².